The zero-order chi connectivity index (χ0) is 24.4. The lowest BCUT2D eigenvalue weighted by Crippen LogP contribution is -2.43. The van der Waals surface area contributed by atoms with Gasteiger partial charge in [0, 0.05) is 12.2 Å². The predicted molar refractivity (Wildman–Crippen MR) is 124 cm³/mol. The minimum Gasteiger partial charge on any atom is -0.326 e. The molecule has 0 unspecified atom stereocenters. The van der Waals surface area contributed by atoms with E-state index in [1.165, 1.54) is 6.20 Å². The summed E-state index contributed by atoms with van der Waals surface area (Å²) in [6.45, 7) is 5.71. The van der Waals surface area contributed by atoms with Gasteiger partial charge in [0.05, 0.1) is 23.5 Å². The number of pyridine rings is 2. The Bertz CT molecular complexity index is 1200. The average molecular weight is 467 g/mol. The van der Waals surface area contributed by atoms with E-state index in [4.69, 9.17) is 5.73 Å². The minimum atomic E-state index is -0.978. The molecule has 0 bridgehead atoms. The largest absolute Gasteiger partial charge is 0.326 e. The monoisotopic (exact) mass is 467 g/mol. The third-order valence-corrected chi connectivity index (χ3v) is 6.27. The van der Waals surface area contributed by atoms with Crippen LogP contribution in [0.1, 0.15) is 41.7 Å². The Labute approximate surface area is 195 Å². The molecule has 3 N–H and O–H groups in total. The van der Waals surface area contributed by atoms with Crippen molar-refractivity contribution in [3.63, 3.8) is 0 Å². The molecule has 4 rings (SSSR count). The second-order valence-corrected chi connectivity index (χ2v) is 8.52. The summed E-state index contributed by atoms with van der Waals surface area (Å²) in [5, 5.41) is 2.76. The molecular formula is C25H24F3N5O. The van der Waals surface area contributed by atoms with Gasteiger partial charge < -0.3 is 11.1 Å². The van der Waals surface area contributed by atoms with Crippen molar-refractivity contribution in [3.05, 3.63) is 77.5 Å². The molecule has 0 radical (unpaired) electrons. The van der Waals surface area contributed by atoms with Crippen molar-refractivity contribution in [1.29, 1.82) is 0 Å². The van der Waals surface area contributed by atoms with Gasteiger partial charge in [0.15, 0.2) is 0 Å². The van der Waals surface area contributed by atoms with E-state index < -0.39 is 34.6 Å². The summed E-state index contributed by atoms with van der Waals surface area (Å²) in [6, 6.07) is 6.89. The van der Waals surface area contributed by atoms with Gasteiger partial charge in [-0.3, -0.25) is 14.8 Å². The average Bonchev–Trinajstić information content (AvgIpc) is 2.80. The Morgan fingerprint density at radius 1 is 1.12 bits per heavy atom. The quantitative estimate of drug-likeness (QED) is 0.531. The summed E-state index contributed by atoms with van der Waals surface area (Å²) in [4.78, 5) is 25.2. The van der Waals surface area contributed by atoms with Crippen LogP contribution in [0.3, 0.4) is 0 Å². The molecule has 1 aliphatic rings. The third-order valence-electron chi connectivity index (χ3n) is 6.27. The Morgan fingerprint density at radius 3 is 2.53 bits per heavy atom. The van der Waals surface area contributed by atoms with E-state index in [9.17, 15) is 18.0 Å². The fourth-order valence-corrected chi connectivity index (χ4v) is 4.66. The van der Waals surface area contributed by atoms with Crippen molar-refractivity contribution in [1.82, 2.24) is 9.97 Å². The number of carbonyl (C=O) groups excluding carboxylic acids is 1. The van der Waals surface area contributed by atoms with Crippen LogP contribution in [-0.4, -0.2) is 34.7 Å². The van der Waals surface area contributed by atoms with Gasteiger partial charge in [0.2, 0.25) is 0 Å². The molecule has 3 aromatic rings. The molecule has 34 heavy (non-hydrogen) atoms. The highest BCUT2D eigenvalue weighted by Crippen LogP contribution is 2.39. The lowest BCUT2D eigenvalue weighted by atomic mass is 9.73. The van der Waals surface area contributed by atoms with Crippen LogP contribution >= 0.6 is 0 Å². The second kappa shape index (κ2) is 9.72. The number of hydrogen-bond donors (Lipinski definition) is 2. The van der Waals surface area contributed by atoms with Crippen molar-refractivity contribution in [3.8, 4) is 11.3 Å². The van der Waals surface area contributed by atoms with Crippen LogP contribution in [-0.2, 0) is 0 Å². The number of aliphatic imine (C=N–C) groups is 1. The van der Waals surface area contributed by atoms with Crippen LogP contribution in [0.15, 0.2) is 53.8 Å². The summed E-state index contributed by atoms with van der Waals surface area (Å²) in [5.41, 5.74) is 6.23. The summed E-state index contributed by atoms with van der Waals surface area (Å²) < 4.78 is 42.8. The minimum absolute atomic E-state index is 0.0308. The Balaban J connectivity index is 1.62. The first-order valence-electron chi connectivity index (χ1n) is 10.9. The first-order chi connectivity index (χ1) is 16.3. The van der Waals surface area contributed by atoms with Gasteiger partial charge in [-0.2, -0.15) is 0 Å². The normalized spacial score (nSPS) is 22.3. The number of amides is 1. The zero-order valence-corrected chi connectivity index (χ0v) is 18.5. The van der Waals surface area contributed by atoms with Crippen LogP contribution in [0.4, 0.5) is 18.9 Å². The first-order valence-corrected chi connectivity index (χ1v) is 10.9. The number of hydrogen-bond acceptors (Lipinski definition) is 5. The summed E-state index contributed by atoms with van der Waals surface area (Å²) in [7, 11) is 0. The highest BCUT2D eigenvalue weighted by atomic mass is 19.1. The van der Waals surface area contributed by atoms with E-state index in [2.05, 4.69) is 33.9 Å². The number of rotatable bonds is 5. The Morgan fingerprint density at radius 2 is 1.85 bits per heavy atom. The lowest BCUT2D eigenvalue weighted by molar-refractivity contribution is 0.102. The molecule has 1 amide bonds. The fourth-order valence-electron chi connectivity index (χ4n) is 4.66. The van der Waals surface area contributed by atoms with Crippen LogP contribution in [0.2, 0.25) is 0 Å². The van der Waals surface area contributed by atoms with E-state index in [0.717, 1.165) is 42.3 Å². The molecule has 0 spiro atoms. The molecule has 0 saturated heterocycles. The number of nitrogens with zero attached hydrogens (tertiary/aromatic N) is 3. The van der Waals surface area contributed by atoms with Crippen LogP contribution < -0.4 is 11.1 Å². The molecule has 1 fully saturated rings. The second-order valence-electron chi connectivity index (χ2n) is 8.52. The zero-order valence-electron chi connectivity index (χ0n) is 18.5. The maximum Gasteiger partial charge on any atom is 0.274 e. The topological polar surface area (TPSA) is 93.3 Å². The van der Waals surface area contributed by atoms with Crippen molar-refractivity contribution >= 4 is 18.3 Å². The van der Waals surface area contributed by atoms with Crippen molar-refractivity contribution in [2.45, 2.75) is 37.8 Å². The van der Waals surface area contributed by atoms with E-state index in [-0.39, 0.29) is 29.6 Å². The van der Waals surface area contributed by atoms with Crippen LogP contribution in [0.25, 0.3) is 11.3 Å². The van der Waals surface area contributed by atoms with Gasteiger partial charge in [0.1, 0.15) is 28.8 Å². The first kappa shape index (κ1) is 23.6. The number of nitrogens with one attached hydrogen (secondary N) is 1. The van der Waals surface area contributed by atoms with Gasteiger partial charge in [0.25, 0.3) is 5.91 Å². The number of anilines is 1. The molecule has 1 aromatic carbocycles. The number of benzene rings is 1. The predicted octanol–water partition coefficient (Wildman–Crippen LogP) is 4.72. The maximum atomic E-state index is 14.4. The maximum absolute atomic E-state index is 14.4. The van der Waals surface area contributed by atoms with E-state index in [1.54, 1.807) is 6.20 Å². The van der Waals surface area contributed by atoms with Gasteiger partial charge in [-0.1, -0.05) is 13.0 Å². The molecule has 4 atom stereocenters. The standard InChI is InChI=1S/C25H24F3N5O/c1-13-10-14(11-19(29)23(13)30-2)15-8-9-31-12-21(15)33-25(34)20-7-6-18(28)24(32-20)22-16(26)4-3-5-17(22)27/h3-9,12-14,19,23H,2,10-11,29H2,1H3,(H,33,34)/t13-,14+,19+,23-/m1/s1. The summed E-state index contributed by atoms with van der Waals surface area (Å²) in [5.74, 6) is -3.29. The van der Waals surface area contributed by atoms with Crippen LogP contribution in [0.5, 0.6) is 0 Å². The highest BCUT2D eigenvalue weighted by molar-refractivity contribution is 6.03. The Hall–Kier alpha value is -3.59. The van der Waals surface area contributed by atoms with E-state index in [1.807, 2.05) is 6.07 Å². The van der Waals surface area contributed by atoms with Gasteiger partial charge in [-0.15, -0.1) is 0 Å². The van der Waals surface area contributed by atoms with Gasteiger partial charge in [-0.05, 0) is 67.3 Å². The van der Waals surface area contributed by atoms with Gasteiger partial charge >= 0.3 is 0 Å². The van der Waals surface area contributed by atoms with Crippen molar-refractivity contribution < 1.29 is 18.0 Å². The van der Waals surface area contributed by atoms with Gasteiger partial charge in [-0.25, -0.2) is 18.2 Å². The molecule has 176 valence electrons. The Kier molecular flexibility index (Phi) is 6.74. The molecule has 1 saturated carbocycles. The van der Waals surface area contributed by atoms with Crippen molar-refractivity contribution in [2.24, 2.45) is 16.6 Å². The molecule has 9 heteroatoms. The number of halogens is 3. The van der Waals surface area contributed by atoms with E-state index >= 15 is 0 Å². The number of aromatic nitrogens is 2. The molecule has 2 heterocycles. The molecule has 6 nitrogen and oxygen atoms in total. The molecular weight excluding hydrogens is 443 g/mol. The highest BCUT2D eigenvalue weighted by Gasteiger charge is 2.34. The number of carbonyl (C=O) groups is 1. The lowest BCUT2D eigenvalue weighted by Gasteiger charge is -2.37. The SMILES string of the molecule is C=N[C@@H]1[C@H](C)C[C@H](c2ccncc2NC(=O)c2ccc(F)c(-c3c(F)cccc3F)n2)C[C@@H]1N. The van der Waals surface area contributed by atoms with Crippen LogP contribution in [0, 0.1) is 23.4 Å². The molecule has 0 aliphatic heterocycles. The number of nitrogens with two attached hydrogens (primary N) is 1. The van der Waals surface area contributed by atoms with E-state index in [0.29, 0.717) is 12.1 Å². The third kappa shape index (κ3) is 4.56. The molecule has 1 aliphatic carbocycles. The molecule has 2 aromatic heterocycles. The fraction of sp³-hybridized carbons (Fsp3) is 0.280. The summed E-state index contributed by atoms with van der Waals surface area (Å²) in [6.07, 6.45) is 4.61. The summed E-state index contributed by atoms with van der Waals surface area (Å²) >= 11 is 0. The van der Waals surface area contributed by atoms with Crippen molar-refractivity contribution in [2.75, 3.05) is 5.32 Å². The smallest absolute Gasteiger partial charge is 0.274 e.